The molecule has 2 aromatic carbocycles. The fourth-order valence-electron chi connectivity index (χ4n) is 2.96. The monoisotopic (exact) mass is 359 g/mol. The Hall–Kier alpha value is -1.73. The first-order valence-corrected chi connectivity index (χ1v) is 10.2. The Morgan fingerprint density at radius 1 is 0.920 bits per heavy atom. The number of sulfonamides is 1. The Labute approximate surface area is 150 Å². The fourth-order valence-corrected chi connectivity index (χ4v) is 3.99. The van der Waals surface area contributed by atoms with Crippen molar-refractivity contribution < 1.29 is 8.42 Å². The van der Waals surface area contributed by atoms with Crippen molar-refractivity contribution in [3.05, 3.63) is 65.7 Å². The Kier molecular flexibility index (Phi) is 6.20. The van der Waals surface area contributed by atoms with Crippen LogP contribution < -0.4 is 10.0 Å². The molecule has 0 aromatic heterocycles. The third-order valence-electron chi connectivity index (χ3n) is 4.40. The van der Waals surface area contributed by atoms with Gasteiger partial charge in [-0.2, -0.15) is 0 Å². The van der Waals surface area contributed by atoms with E-state index in [0.717, 1.165) is 43.9 Å². The lowest BCUT2D eigenvalue weighted by molar-refractivity contribution is 0.233. The maximum absolute atomic E-state index is 12.4. The maximum atomic E-state index is 12.4. The number of nitrogens with zero attached hydrogens (tertiary/aromatic N) is 1. The van der Waals surface area contributed by atoms with Crippen LogP contribution in [-0.4, -0.2) is 46.0 Å². The van der Waals surface area contributed by atoms with Crippen molar-refractivity contribution in [2.75, 3.05) is 32.7 Å². The number of nitrogens with one attached hydrogen (secondary N) is 2. The van der Waals surface area contributed by atoms with Crippen LogP contribution in [0.1, 0.15) is 11.1 Å². The van der Waals surface area contributed by atoms with Crippen LogP contribution in [0.15, 0.2) is 59.5 Å². The highest BCUT2D eigenvalue weighted by atomic mass is 32.2. The molecular weight excluding hydrogens is 334 g/mol. The molecule has 1 saturated heterocycles. The first-order chi connectivity index (χ1) is 12.1. The summed E-state index contributed by atoms with van der Waals surface area (Å²) in [6.07, 6.45) is 0.682. The average Bonchev–Trinajstić information content (AvgIpc) is 2.64. The Morgan fingerprint density at radius 3 is 2.28 bits per heavy atom. The Balaban J connectivity index is 1.54. The summed E-state index contributed by atoms with van der Waals surface area (Å²) >= 11 is 0. The highest BCUT2D eigenvalue weighted by molar-refractivity contribution is 7.89. The fraction of sp³-hybridized carbons (Fsp3) is 0.368. The number of benzene rings is 2. The number of hydrogen-bond acceptors (Lipinski definition) is 4. The number of hydrogen-bond donors (Lipinski definition) is 2. The largest absolute Gasteiger partial charge is 0.314 e. The summed E-state index contributed by atoms with van der Waals surface area (Å²) in [6, 6.07) is 17.1. The van der Waals surface area contributed by atoms with Gasteiger partial charge in [-0.15, -0.1) is 0 Å². The van der Waals surface area contributed by atoms with E-state index in [2.05, 4.69) is 14.9 Å². The Bertz CT molecular complexity index is 755. The minimum Gasteiger partial charge on any atom is -0.314 e. The standard InChI is InChI=1S/C19H25N3O2S/c23-25(24,21-11-10-17-4-2-1-3-5-17)19-8-6-18(7-9-19)16-22-14-12-20-13-15-22/h1-9,20-21H,10-16H2. The zero-order valence-electron chi connectivity index (χ0n) is 14.3. The molecule has 1 aliphatic heterocycles. The normalized spacial score (nSPS) is 16.0. The lowest BCUT2D eigenvalue weighted by Crippen LogP contribution is -2.42. The van der Waals surface area contributed by atoms with Crippen LogP contribution in [0.4, 0.5) is 0 Å². The summed E-state index contributed by atoms with van der Waals surface area (Å²) < 4.78 is 27.5. The van der Waals surface area contributed by atoms with Gasteiger partial charge in [0.1, 0.15) is 0 Å². The van der Waals surface area contributed by atoms with Crippen LogP contribution in [-0.2, 0) is 23.0 Å². The van der Waals surface area contributed by atoms with Crippen LogP contribution in [0.5, 0.6) is 0 Å². The molecule has 5 nitrogen and oxygen atoms in total. The van der Waals surface area contributed by atoms with Gasteiger partial charge in [0.05, 0.1) is 4.90 Å². The lowest BCUT2D eigenvalue weighted by Gasteiger charge is -2.27. The van der Waals surface area contributed by atoms with Gasteiger partial charge in [-0.1, -0.05) is 42.5 Å². The molecule has 0 bridgehead atoms. The van der Waals surface area contributed by atoms with Gasteiger partial charge in [-0.05, 0) is 29.7 Å². The second-order valence-electron chi connectivity index (χ2n) is 6.30. The van der Waals surface area contributed by atoms with Crippen molar-refractivity contribution >= 4 is 10.0 Å². The summed E-state index contributed by atoms with van der Waals surface area (Å²) in [7, 11) is -3.45. The van der Waals surface area contributed by atoms with Gasteiger partial charge < -0.3 is 5.32 Å². The van der Waals surface area contributed by atoms with E-state index in [1.54, 1.807) is 12.1 Å². The molecule has 0 spiro atoms. The van der Waals surface area contributed by atoms with E-state index in [1.807, 2.05) is 42.5 Å². The SMILES string of the molecule is O=S(=O)(NCCc1ccccc1)c1ccc(CN2CCNCC2)cc1. The molecule has 134 valence electrons. The topological polar surface area (TPSA) is 61.4 Å². The molecule has 1 fully saturated rings. The molecule has 1 aliphatic rings. The summed E-state index contributed by atoms with van der Waals surface area (Å²) in [4.78, 5) is 2.70. The van der Waals surface area contributed by atoms with Crippen molar-refractivity contribution in [1.82, 2.24) is 14.9 Å². The van der Waals surface area contributed by atoms with Gasteiger partial charge in [-0.3, -0.25) is 4.90 Å². The minimum absolute atomic E-state index is 0.324. The molecular formula is C19H25N3O2S. The molecule has 0 atom stereocenters. The molecule has 2 aromatic rings. The predicted molar refractivity (Wildman–Crippen MR) is 99.9 cm³/mol. The van der Waals surface area contributed by atoms with E-state index in [0.29, 0.717) is 17.9 Å². The molecule has 0 aliphatic carbocycles. The predicted octanol–water partition coefficient (Wildman–Crippen LogP) is 1.61. The maximum Gasteiger partial charge on any atom is 0.240 e. The number of piperazine rings is 1. The zero-order valence-corrected chi connectivity index (χ0v) is 15.1. The molecule has 0 radical (unpaired) electrons. The third kappa shape index (κ3) is 5.37. The van der Waals surface area contributed by atoms with E-state index in [4.69, 9.17) is 0 Å². The molecule has 1 heterocycles. The quantitative estimate of drug-likeness (QED) is 0.789. The minimum atomic E-state index is -3.45. The second-order valence-corrected chi connectivity index (χ2v) is 8.07. The molecule has 2 N–H and O–H groups in total. The van der Waals surface area contributed by atoms with Crippen LogP contribution in [0.2, 0.25) is 0 Å². The van der Waals surface area contributed by atoms with Crippen molar-refractivity contribution in [2.45, 2.75) is 17.9 Å². The molecule has 25 heavy (non-hydrogen) atoms. The summed E-state index contributed by atoms with van der Waals surface area (Å²) in [5.74, 6) is 0. The van der Waals surface area contributed by atoms with E-state index in [9.17, 15) is 8.42 Å². The van der Waals surface area contributed by atoms with E-state index in [-0.39, 0.29) is 0 Å². The highest BCUT2D eigenvalue weighted by Gasteiger charge is 2.14. The van der Waals surface area contributed by atoms with Crippen molar-refractivity contribution in [2.24, 2.45) is 0 Å². The smallest absolute Gasteiger partial charge is 0.240 e. The zero-order chi connectivity index (χ0) is 17.5. The lowest BCUT2D eigenvalue weighted by atomic mass is 10.2. The molecule has 0 unspecified atom stereocenters. The molecule has 0 amide bonds. The summed E-state index contributed by atoms with van der Waals surface area (Å²) in [5.41, 5.74) is 2.27. The van der Waals surface area contributed by atoms with Gasteiger partial charge in [0.25, 0.3) is 0 Å². The average molecular weight is 359 g/mol. The molecule has 6 heteroatoms. The molecule has 3 rings (SSSR count). The van der Waals surface area contributed by atoms with Gasteiger partial charge >= 0.3 is 0 Å². The first kappa shape index (κ1) is 18.1. The molecule has 0 saturated carbocycles. The van der Waals surface area contributed by atoms with Crippen LogP contribution in [0.3, 0.4) is 0 Å². The summed E-state index contributed by atoms with van der Waals surface area (Å²) in [5, 5.41) is 3.33. The van der Waals surface area contributed by atoms with E-state index in [1.165, 1.54) is 0 Å². The van der Waals surface area contributed by atoms with Gasteiger partial charge in [0, 0.05) is 39.3 Å². The van der Waals surface area contributed by atoms with Crippen molar-refractivity contribution in [3.8, 4) is 0 Å². The Morgan fingerprint density at radius 2 is 1.60 bits per heavy atom. The summed E-state index contributed by atoms with van der Waals surface area (Å²) in [6.45, 7) is 5.34. The number of rotatable bonds is 7. The van der Waals surface area contributed by atoms with Gasteiger partial charge in [0.2, 0.25) is 10.0 Å². The van der Waals surface area contributed by atoms with Crippen LogP contribution in [0, 0.1) is 0 Å². The van der Waals surface area contributed by atoms with Crippen molar-refractivity contribution in [3.63, 3.8) is 0 Å². The third-order valence-corrected chi connectivity index (χ3v) is 5.87. The highest BCUT2D eigenvalue weighted by Crippen LogP contribution is 2.13. The van der Waals surface area contributed by atoms with E-state index < -0.39 is 10.0 Å². The van der Waals surface area contributed by atoms with Gasteiger partial charge in [0.15, 0.2) is 0 Å². The van der Waals surface area contributed by atoms with E-state index >= 15 is 0 Å². The van der Waals surface area contributed by atoms with Gasteiger partial charge in [-0.25, -0.2) is 13.1 Å². The first-order valence-electron chi connectivity index (χ1n) is 8.69. The van der Waals surface area contributed by atoms with Crippen LogP contribution >= 0.6 is 0 Å². The van der Waals surface area contributed by atoms with Crippen molar-refractivity contribution in [1.29, 1.82) is 0 Å². The second kappa shape index (κ2) is 8.58. The van der Waals surface area contributed by atoms with Crippen LogP contribution in [0.25, 0.3) is 0 Å².